The number of amides is 2. The summed E-state index contributed by atoms with van der Waals surface area (Å²) in [5.74, 6) is -0.00425. The summed E-state index contributed by atoms with van der Waals surface area (Å²) >= 11 is 3.63. The Bertz CT molecular complexity index is 1510. The van der Waals surface area contributed by atoms with Crippen molar-refractivity contribution in [1.82, 2.24) is 0 Å². The molecule has 1 fully saturated rings. The van der Waals surface area contributed by atoms with Crippen molar-refractivity contribution >= 4 is 52.4 Å². The minimum atomic E-state index is -2.27. The van der Waals surface area contributed by atoms with Crippen molar-refractivity contribution in [3.8, 4) is 5.75 Å². The number of nitrogens with one attached hydrogen (secondary N) is 1. The highest BCUT2D eigenvalue weighted by Gasteiger charge is 2.66. The monoisotopic (exact) mass is 666 g/mol. The van der Waals surface area contributed by atoms with Crippen molar-refractivity contribution in [3.63, 3.8) is 0 Å². The Labute approximate surface area is 262 Å². The summed E-state index contributed by atoms with van der Waals surface area (Å²) in [7, 11) is -0.614. The van der Waals surface area contributed by atoms with Gasteiger partial charge in [0.15, 0.2) is 5.60 Å². The highest BCUT2D eigenvalue weighted by atomic mass is 79.9. The third-order valence-electron chi connectivity index (χ3n) is 9.13. The predicted octanol–water partition coefficient (Wildman–Crippen LogP) is 4.92. The molecule has 0 saturated carbocycles. The van der Waals surface area contributed by atoms with E-state index in [1.807, 2.05) is 48.5 Å². The van der Waals surface area contributed by atoms with E-state index in [9.17, 15) is 19.8 Å². The number of hydrogen-bond acceptors (Lipinski definition) is 6. The number of ether oxygens (including phenoxy) is 2. The molecule has 8 nitrogen and oxygen atoms in total. The molecule has 3 N–H and O–H groups in total. The topological polar surface area (TPSA) is 108 Å². The third kappa shape index (κ3) is 5.55. The zero-order chi connectivity index (χ0) is 31.1. The average molecular weight is 668 g/mol. The van der Waals surface area contributed by atoms with Gasteiger partial charge in [-0.15, -0.1) is 0 Å². The molecule has 228 valence electrons. The fourth-order valence-corrected chi connectivity index (χ4v) is 11.4. The van der Waals surface area contributed by atoms with Crippen molar-refractivity contribution in [2.45, 2.75) is 63.3 Å². The predicted molar refractivity (Wildman–Crippen MR) is 173 cm³/mol. The molecule has 5 rings (SSSR count). The van der Waals surface area contributed by atoms with E-state index >= 15 is 0 Å². The van der Waals surface area contributed by atoms with Crippen LogP contribution in [0.3, 0.4) is 0 Å². The number of rotatable bonds is 9. The normalized spacial score (nSPS) is 23.9. The molecule has 5 atom stereocenters. The summed E-state index contributed by atoms with van der Waals surface area (Å²) in [4.78, 5) is 28.6. The van der Waals surface area contributed by atoms with E-state index in [1.165, 1.54) is 12.1 Å². The molecular formula is C33H39BrN2O6Si. The molecule has 3 aromatic rings. The van der Waals surface area contributed by atoms with Crippen LogP contribution < -0.4 is 20.1 Å². The highest BCUT2D eigenvalue weighted by molar-refractivity contribution is 9.10. The number of halogens is 1. The summed E-state index contributed by atoms with van der Waals surface area (Å²) in [6, 6.07) is 21.3. The van der Waals surface area contributed by atoms with Gasteiger partial charge in [0.05, 0.1) is 33.5 Å². The second-order valence-electron chi connectivity index (χ2n) is 12.1. The molecule has 2 amide bonds. The summed E-state index contributed by atoms with van der Waals surface area (Å²) < 4.78 is 13.2. The Morgan fingerprint density at radius 2 is 1.88 bits per heavy atom. The van der Waals surface area contributed by atoms with E-state index in [2.05, 4.69) is 53.4 Å². The number of aliphatic hydroxyl groups excluding tert-OH is 2. The zero-order valence-electron chi connectivity index (χ0n) is 25.1. The van der Waals surface area contributed by atoms with Gasteiger partial charge in [0.2, 0.25) is 0 Å². The lowest BCUT2D eigenvalue weighted by atomic mass is 9.82. The first-order chi connectivity index (χ1) is 20.4. The van der Waals surface area contributed by atoms with E-state index in [0.717, 1.165) is 27.0 Å². The van der Waals surface area contributed by atoms with Gasteiger partial charge in [0, 0.05) is 28.2 Å². The number of aliphatic hydroxyl groups is 2. The molecule has 43 heavy (non-hydrogen) atoms. The molecule has 2 heterocycles. The van der Waals surface area contributed by atoms with E-state index in [1.54, 1.807) is 18.1 Å². The van der Waals surface area contributed by atoms with Gasteiger partial charge in [-0.3, -0.25) is 9.59 Å². The minimum Gasteiger partial charge on any atom is -0.497 e. The number of hydrogen-bond donors (Lipinski definition) is 3. The molecular weight excluding hydrogens is 628 g/mol. The molecule has 0 aromatic heterocycles. The Morgan fingerprint density at radius 3 is 2.53 bits per heavy atom. The van der Waals surface area contributed by atoms with Gasteiger partial charge >= 0.3 is 0 Å². The Hall–Kier alpha value is -3.02. The van der Waals surface area contributed by atoms with Crippen molar-refractivity contribution in [2.75, 3.05) is 23.9 Å². The summed E-state index contributed by atoms with van der Waals surface area (Å²) in [5.41, 5.74) is 1.81. The standard InChI is InChI=1S/C33H39BrN2O6Si/c1-20-30(43(4,5)26-12-10-25(41-3)11-13-26)29(15-16-37)42-33(20)27-18-23(34)9-14-28(27)36(32(33)40)19-22-7-6-8-24(17-22)35-31(39)21(2)38/h6-14,17-18,20-21,29-30,37-38H,15-16,19H2,1-5H3,(H,35,39)/t20-,21-,29+,30-,33+/m0/s1. The maximum absolute atomic E-state index is 14.7. The fraction of sp³-hybridized carbons (Fsp3) is 0.394. The molecule has 0 bridgehead atoms. The molecule has 10 heteroatoms. The lowest BCUT2D eigenvalue weighted by molar-refractivity contribution is -0.146. The maximum atomic E-state index is 14.7. The number of nitrogens with zero attached hydrogens (tertiary/aromatic N) is 1. The summed E-state index contributed by atoms with van der Waals surface area (Å²) in [5, 5.41) is 23.7. The first-order valence-corrected chi connectivity index (χ1v) is 18.4. The van der Waals surface area contributed by atoms with Gasteiger partial charge in [-0.2, -0.15) is 0 Å². The van der Waals surface area contributed by atoms with Crippen LogP contribution in [0.1, 0.15) is 31.4 Å². The molecule has 1 saturated heterocycles. The van der Waals surface area contributed by atoms with Gasteiger partial charge in [0.1, 0.15) is 11.9 Å². The van der Waals surface area contributed by atoms with Crippen LogP contribution in [0.25, 0.3) is 0 Å². The molecule has 0 aliphatic carbocycles. The van der Waals surface area contributed by atoms with Crippen LogP contribution in [0.2, 0.25) is 18.6 Å². The fourth-order valence-electron chi connectivity index (χ4n) is 7.02. The average Bonchev–Trinajstić information content (AvgIpc) is 3.40. The van der Waals surface area contributed by atoms with Crippen molar-refractivity contribution in [3.05, 3.63) is 82.3 Å². The first-order valence-electron chi connectivity index (χ1n) is 14.6. The molecule has 2 aliphatic heterocycles. The van der Waals surface area contributed by atoms with Crippen molar-refractivity contribution < 1.29 is 29.3 Å². The van der Waals surface area contributed by atoms with Crippen molar-refractivity contribution in [2.24, 2.45) is 5.92 Å². The number of methoxy groups -OCH3 is 1. The van der Waals surface area contributed by atoms with E-state index in [0.29, 0.717) is 12.1 Å². The van der Waals surface area contributed by atoms with Gasteiger partial charge in [-0.05, 0) is 66.9 Å². The van der Waals surface area contributed by atoms with Gasteiger partial charge in [-0.25, -0.2) is 0 Å². The van der Waals surface area contributed by atoms with Crippen LogP contribution in [0.4, 0.5) is 11.4 Å². The Balaban J connectivity index is 1.55. The summed E-state index contributed by atoms with van der Waals surface area (Å²) in [6.07, 6.45) is -1.01. The van der Waals surface area contributed by atoms with E-state index < -0.39 is 25.7 Å². The molecule has 0 unspecified atom stereocenters. The number of carbonyl (C=O) groups is 2. The number of fused-ring (bicyclic) bond motifs is 2. The van der Waals surface area contributed by atoms with Crippen LogP contribution in [0.15, 0.2) is 71.2 Å². The third-order valence-corrected chi connectivity index (χ3v) is 14.0. The smallest absolute Gasteiger partial charge is 0.264 e. The molecule has 1 spiro atoms. The van der Waals surface area contributed by atoms with Crippen LogP contribution >= 0.6 is 15.9 Å². The minimum absolute atomic E-state index is 0.0364. The SMILES string of the molecule is COc1ccc([Si](C)(C)[C@@H]2[C@@H](CCO)O[C@]3(C(=O)N(Cc4cccc(NC(=O)[C@H](C)O)c4)c4ccc(Br)cc43)[C@H]2C)cc1. The van der Waals surface area contributed by atoms with Crippen molar-refractivity contribution in [1.29, 1.82) is 0 Å². The van der Waals surface area contributed by atoms with Crippen LogP contribution in [0.5, 0.6) is 5.75 Å². The number of carbonyl (C=O) groups excluding carboxylic acids is 2. The van der Waals surface area contributed by atoms with Crippen LogP contribution in [-0.2, 0) is 26.5 Å². The van der Waals surface area contributed by atoms with Gasteiger partial charge in [0.25, 0.3) is 11.8 Å². The highest BCUT2D eigenvalue weighted by Crippen LogP contribution is 2.60. The van der Waals surface area contributed by atoms with Gasteiger partial charge in [-0.1, -0.05) is 65.4 Å². The number of benzene rings is 3. The number of anilines is 2. The van der Waals surface area contributed by atoms with Crippen LogP contribution in [0, 0.1) is 5.92 Å². The summed E-state index contributed by atoms with van der Waals surface area (Å²) in [6.45, 7) is 8.40. The Morgan fingerprint density at radius 1 is 1.16 bits per heavy atom. The maximum Gasteiger partial charge on any atom is 0.264 e. The van der Waals surface area contributed by atoms with Gasteiger partial charge < -0.3 is 29.9 Å². The van der Waals surface area contributed by atoms with Crippen LogP contribution in [-0.4, -0.2) is 56.0 Å². The quantitative estimate of drug-likeness (QED) is 0.280. The second-order valence-corrected chi connectivity index (χ2v) is 17.7. The molecule has 3 aromatic carbocycles. The van der Waals surface area contributed by atoms with E-state index in [-0.39, 0.29) is 36.6 Å². The zero-order valence-corrected chi connectivity index (χ0v) is 27.7. The molecule has 0 radical (unpaired) electrons. The largest absolute Gasteiger partial charge is 0.497 e. The lowest BCUT2D eigenvalue weighted by Crippen LogP contribution is -2.51. The van der Waals surface area contributed by atoms with E-state index in [4.69, 9.17) is 9.47 Å². The second kappa shape index (κ2) is 12.2. The first kappa shape index (κ1) is 31.4. The Kier molecular flexibility index (Phi) is 8.88. The molecule has 2 aliphatic rings. The lowest BCUT2D eigenvalue weighted by Gasteiger charge is -2.37.